The summed E-state index contributed by atoms with van der Waals surface area (Å²) in [5.74, 6) is 0.443. The Morgan fingerprint density at radius 2 is 2.12 bits per heavy atom. The van der Waals surface area contributed by atoms with Gasteiger partial charge in [0.05, 0.1) is 5.52 Å². The van der Waals surface area contributed by atoms with E-state index >= 15 is 0 Å². The highest BCUT2D eigenvalue weighted by Gasteiger charge is 2.38. The molecule has 0 saturated carbocycles. The Hall–Kier alpha value is -1.56. The van der Waals surface area contributed by atoms with Crippen LogP contribution in [-0.4, -0.2) is 38.5 Å². The van der Waals surface area contributed by atoms with Crippen molar-refractivity contribution in [1.29, 1.82) is 0 Å². The van der Waals surface area contributed by atoms with E-state index in [0.29, 0.717) is 12.5 Å². The summed E-state index contributed by atoms with van der Waals surface area (Å²) in [6.45, 7) is 9.88. The number of hydrogen-bond donors (Lipinski definition) is 1. The quantitative estimate of drug-likeness (QED) is 0.768. The van der Waals surface area contributed by atoms with E-state index in [0.717, 1.165) is 34.8 Å². The van der Waals surface area contributed by atoms with Crippen molar-refractivity contribution in [3.05, 3.63) is 28.4 Å². The minimum Gasteiger partial charge on any atom is -0.465 e. The molecule has 0 radical (unpaired) electrons. The lowest BCUT2D eigenvalue weighted by Crippen LogP contribution is -2.52. The van der Waals surface area contributed by atoms with E-state index in [1.54, 1.807) is 4.90 Å². The largest absolute Gasteiger partial charge is 0.465 e. The van der Waals surface area contributed by atoms with Gasteiger partial charge in [0.25, 0.3) is 0 Å². The van der Waals surface area contributed by atoms with Crippen molar-refractivity contribution >= 4 is 32.9 Å². The zero-order valence-corrected chi connectivity index (χ0v) is 16.9. The summed E-state index contributed by atoms with van der Waals surface area (Å²) >= 11 is 3.58. The van der Waals surface area contributed by atoms with E-state index < -0.39 is 6.09 Å². The second-order valence-electron chi connectivity index (χ2n) is 8.26. The number of fused-ring (bicyclic) bond motifs is 1. The number of halogens is 1. The predicted molar refractivity (Wildman–Crippen MR) is 103 cm³/mol. The molecule has 2 unspecified atom stereocenters. The molecule has 5 nitrogen and oxygen atoms in total. The standard InChI is InChI=1S/C19H26BrN3O2/c1-12-7-16-14(9-15(12)20)11-22(21-16)10-13-5-6-23(18(24)25)17(8-13)19(2,3)4/h7,9,11,13,17H,5-6,8,10H2,1-4H3,(H,24,25). The molecule has 1 aliphatic heterocycles. The molecule has 1 saturated heterocycles. The van der Waals surface area contributed by atoms with Crippen molar-refractivity contribution in [2.24, 2.45) is 11.3 Å². The van der Waals surface area contributed by atoms with Crippen LogP contribution in [-0.2, 0) is 6.54 Å². The molecule has 1 N–H and O–H groups in total. The monoisotopic (exact) mass is 407 g/mol. The minimum absolute atomic E-state index is 0.0464. The van der Waals surface area contributed by atoms with Crippen LogP contribution >= 0.6 is 15.9 Å². The molecule has 1 amide bonds. The van der Waals surface area contributed by atoms with Gasteiger partial charge in [-0.3, -0.25) is 4.68 Å². The summed E-state index contributed by atoms with van der Waals surface area (Å²) in [6.07, 6.45) is 3.06. The van der Waals surface area contributed by atoms with Gasteiger partial charge in [-0.05, 0) is 48.8 Å². The van der Waals surface area contributed by atoms with Crippen LogP contribution in [0.5, 0.6) is 0 Å². The third kappa shape index (κ3) is 3.84. The van der Waals surface area contributed by atoms with Gasteiger partial charge in [0.1, 0.15) is 0 Å². The van der Waals surface area contributed by atoms with E-state index in [9.17, 15) is 9.90 Å². The molecule has 1 aromatic carbocycles. The highest BCUT2D eigenvalue weighted by Crippen LogP contribution is 2.35. The molecule has 0 spiro atoms. The first-order valence-corrected chi connectivity index (χ1v) is 9.57. The lowest BCUT2D eigenvalue weighted by Gasteiger charge is -2.44. The van der Waals surface area contributed by atoms with E-state index in [-0.39, 0.29) is 11.5 Å². The van der Waals surface area contributed by atoms with Crippen LogP contribution in [0.15, 0.2) is 22.8 Å². The Morgan fingerprint density at radius 1 is 1.40 bits per heavy atom. The van der Waals surface area contributed by atoms with Crippen molar-refractivity contribution in [2.75, 3.05) is 6.54 Å². The van der Waals surface area contributed by atoms with Gasteiger partial charge >= 0.3 is 6.09 Å². The highest BCUT2D eigenvalue weighted by atomic mass is 79.9. The smallest absolute Gasteiger partial charge is 0.407 e. The topological polar surface area (TPSA) is 58.4 Å². The molecule has 1 aliphatic rings. The Kier molecular flexibility index (Phi) is 4.84. The van der Waals surface area contributed by atoms with Gasteiger partial charge in [0.2, 0.25) is 0 Å². The Labute approximate surface area is 157 Å². The molecule has 136 valence electrons. The van der Waals surface area contributed by atoms with E-state index in [4.69, 9.17) is 5.10 Å². The van der Waals surface area contributed by atoms with Gasteiger partial charge < -0.3 is 10.0 Å². The van der Waals surface area contributed by atoms with Gasteiger partial charge in [0.15, 0.2) is 0 Å². The fourth-order valence-corrected chi connectivity index (χ4v) is 4.17. The maximum Gasteiger partial charge on any atom is 0.407 e. The Morgan fingerprint density at radius 3 is 2.76 bits per heavy atom. The predicted octanol–water partition coefficient (Wildman–Crippen LogP) is 4.91. The first kappa shape index (κ1) is 18.2. The molecule has 0 bridgehead atoms. The van der Waals surface area contributed by atoms with Crippen molar-refractivity contribution < 1.29 is 9.90 Å². The average Bonchev–Trinajstić information content (AvgIpc) is 2.87. The van der Waals surface area contributed by atoms with Crippen LogP contribution < -0.4 is 0 Å². The first-order valence-electron chi connectivity index (χ1n) is 8.78. The summed E-state index contributed by atoms with van der Waals surface area (Å²) in [5, 5.41) is 15.3. The first-order chi connectivity index (χ1) is 11.6. The van der Waals surface area contributed by atoms with Gasteiger partial charge in [-0.1, -0.05) is 36.7 Å². The number of benzene rings is 1. The van der Waals surface area contributed by atoms with Gasteiger partial charge in [0, 0.05) is 35.2 Å². The molecule has 0 aliphatic carbocycles. The molecule has 25 heavy (non-hydrogen) atoms. The van der Waals surface area contributed by atoms with Crippen LogP contribution in [0.1, 0.15) is 39.2 Å². The van der Waals surface area contributed by atoms with Gasteiger partial charge in [-0.15, -0.1) is 0 Å². The minimum atomic E-state index is -0.802. The number of hydrogen-bond acceptors (Lipinski definition) is 2. The number of amides is 1. The Balaban J connectivity index is 1.78. The van der Waals surface area contributed by atoms with Crippen molar-refractivity contribution in [2.45, 2.75) is 53.1 Å². The molecular weight excluding hydrogens is 382 g/mol. The number of carbonyl (C=O) groups is 1. The summed E-state index contributed by atoms with van der Waals surface area (Å²) in [7, 11) is 0. The van der Waals surface area contributed by atoms with Crippen molar-refractivity contribution in [1.82, 2.24) is 14.7 Å². The van der Waals surface area contributed by atoms with Gasteiger partial charge in [-0.25, -0.2) is 4.79 Å². The molecule has 2 aromatic rings. The summed E-state index contributed by atoms with van der Waals surface area (Å²) in [5.41, 5.74) is 2.13. The number of carboxylic acid groups (broad SMARTS) is 1. The SMILES string of the molecule is Cc1cc2nn(CC3CCN(C(=O)O)C(C(C)(C)C)C3)cc2cc1Br. The summed E-state index contributed by atoms with van der Waals surface area (Å²) in [6, 6.07) is 4.25. The third-order valence-electron chi connectivity index (χ3n) is 5.23. The number of nitrogens with zero attached hydrogens (tertiary/aromatic N) is 3. The van der Waals surface area contributed by atoms with E-state index in [2.05, 4.69) is 62.0 Å². The average molecular weight is 408 g/mol. The van der Waals surface area contributed by atoms with Crippen molar-refractivity contribution in [3.63, 3.8) is 0 Å². The van der Waals surface area contributed by atoms with Crippen molar-refractivity contribution in [3.8, 4) is 0 Å². The van der Waals surface area contributed by atoms with E-state index in [1.807, 2.05) is 4.68 Å². The maximum atomic E-state index is 11.6. The fourth-order valence-electron chi connectivity index (χ4n) is 3.81. The van der Waals surface area contributed by atoms with Crippen LogP contribution in [0.2, 0.25) is 0 Å². The fraction of sp³-hybridized carbons (Fsp3) is 0.579. The number of aryl methyl sites for hydroxylation is 1. The Bertz CT molecular complexity index is 755. The number of piperidine rings is 1. The third-order valence-corrected chi connectivity index (χ3v) is 6.09. The van der Waals surface area contributed by atoms with Gasteiger partial charge in [-0.2, -0.15) is 5.10 Å². The normalized spacial score (nSPS) is 21.7. The maximum absolute atomic E-state index is 11.6. The number of likely N-dealkylation sites (tertiary alicyclic amines) is 1. The zero-order chi connectivity index (χ0) is 18.4. The molecular formula is C19H26BrN3O2. The lowest BCUT2D eigenvalue weighted by molar-refractivity contribution is 0.0367. The second kappa shape index (κ2) is 6.63. The molecule has 3 rings (SSSR count). The number of aromatic nitrogens is 2. The molecule has 1 fully saturated rings. The van der Waals surface area contributed by atoms with Crippen LogP contribution in [0, 0.1) is 18.3 Å². The van der Waals surface area contributed by atoms with Crippen LogP contribution in [0.3, 0.4) is 0 Å². The zero-order valence-electron chi connectivity index (χ0n) is 15.3. The second-order valence-corrected chi connectivity index (χ2v) is 9.11. The highest BCUT2D eigenvalue weighted by molar-refractivity contribution is 9.10. The summed E-state index contributed by atoms with van der Waals surface area (Å²) in [4.78, 5) is 13.2. The molecule has 2 atom stereocenters. The lowest BCUT2D eigenvalue weighted by atomic mass is 9.77. The molecule has 2 heterocycles. The molecule has 6 heteroatoms. The summed E-state index contributed by atoms with van der Waals surface area (Å²) < 4.78 is 3.12. The van der Waals surface area contributed by atoms with E-state index in [1.165, 1.54) is 5.56 Å². The van der Waals surface area contributed by atoms with Crippen LogP contribution in [0.4, 0.5) is 4.79 Å². The number of rotatable bonds is 2. The van der Waals surface area contributed by atoms with Crippen LogP contribution in [0.25, 0.3) is 10.9 Å². The molecule has 1 aromatic heterocycles.